The zero-order valence-electron chi connectivity index (χ0n) is 11.1. The van der Waals surface area contributed by atoms with E-state index in [1.807, 2.05) is 0 Å². The van der Waals surface area contributed by atoms with E-state index in [4.69, 9.17) is 4.74 Å². The number of hydrogen-bond acceptors (Lipinski definition) is 6. The number of carbonyl (C=O) groups is 4. The van der Waals surface area contributed by atoms with Crippen molar-refractivity contribution >= 4 is 23.9 Å². The van der Waals surface area contributed by atoms with E-state index in [1.54, 1.807) is 0 Å². The average molecular weight is 292 g/mol. The predicted molar refractivity (Wildman–Crippen MR) is 68.0 cm³/mol. The maximum atomic E-state index is 11.5. The molecule has 8 heteroatoms. The van der Waals surface area contributed by atoms with E-state index >= 15 is 0 Å². The van der Waals surface area contributed by atoms with Gasteiger partial charge in [-0.1, -0.05) is 11.1 Å². The summed E-state index contributed by atoms with van der Waals surface area (Å²) in [6, 6.07) is 5.80. The lowest BCUT2D eigenvalue weighted by Crippen LogP contribution is -2.33. The molecule has 1 fully saturated rings. The van der Waals surface area contributed by atoms with E-state index in [0.29, 0.717) is 5.06 Å². The standard InChI is InChI=1S/C13H12N2O6/c1-14-12(18)8-3-2-4-9(7-8)20-13(19)21-15-10(16)5-6-11(15)17/h2-4,7H,5-6H2,1H3,(H,14,18). The molecule has 1 heterocycles. The van der Waals surface area contributed by atoms with Crippen LogP contribution in [0.2, 0.25) is 0 Å². The molecule has 1 aromatic carbocycles. The highest BCUT2D eigenvalue weighted by atomic mass is 16.8. The minimum atomic E-state index is -1.23. The second-order valence-corrected chi connectivity index (χ2v) is 4.13. The van der Waals surface area contributed by atoms with E-state index < -0.39 is 18.0 Å². The van der Waals surface area contributed by atoms with Crippen molar-refractivity contribution in [1.29, 1.82) is 0 Å². The Morgan fingerprint density at radius 3 is 2.48 bits per heavy atom. The summed E-state index contributed by atoms with van der Waals surface area (Å²) >= 11 is 0. The van der Waals surface area contributed by atoms with Gasteiger partial charge in [0.05, 0.1) is 0 Å². The Bertz CT molecular complexity index is 596. The Hall–Kier alpha value is -2.90. The van der Waals surface area contributed by atoms with Crippen molar-refractivity contribution < 1.29 is 28.8 Å². The van der Waals surface area contributed by atoms with Gasteiger partial charge in [0.1, 0.15) is 5.75 Å². The highest BCUT2D eigenvalue weighted by Crippen LogP contribution is 2.16. The van der Waals surface area contributed by atoms with Gasteiger partial charge < -0.3 is 10.1 Å². The molecular formula is C13H12N2O6. The molecule has 0 spiro atoms. The zero-order valence-corrected chi connectivity index (χ0v) is 11.1. The summed E-state index contributed by atoms with van der Waals surface area (Å²) < 4.78 is 4.82. The van der Waals surface area contributed by atoms with Gasteiger partial charge in [0.2, 0.25) is 0 Å². The van der Waals surface area contributed by atoms with Gasteiger partial charge in [-0.3, -0.25) is 19.2 Å². The lowest BCUT2D eigenvalue weighted by molar-refractivity contribution is -0.174. The molecule has 0 atom stereocenters. The second kappa shape index (κ2) is 6.04. The molecule has 2 rings (SSSR count). The highest BCUT2D eigenvalue weighted by Gasteiger charge is 2.33. The number of rotatable bonds is 3. The summed E-state index contributed by atoms with van der Waals surface area (Å²) in [6.45, 7) is 0. The molecule has 0 bridgehead atoms. The molecule has 0 unspecified atom stereocenters. The first kappa shape index (κ1) is 14.5. The number of hydrogen-bond donors (Lipinski definition) is 1. The number of carbonyl (C=O) groups excluding carboxylic acids is 4. The monoisotopic (exact) mass is 292 g/mol. The van der Waals surface area contributed by atoms with E-state index in [0.717, 1.165) is 0 Å². The van der Waals surface area contributed by atoms with E-state index in [-0.39, 0.29) is 30.1 Å². The quantitative estimate of drug-likeness (QED) is 0.498. The molecule has 1 aromatic rings. The van der Waals surface area contributed by atoms with Gasteiger partial charge in [-0.2, -0.15) is 0 Å². The van der Waals surface area contributed by atoms with Crippen LogP contribution in [0.4, 0.5) is 4.79 Å². The molecule has 1 N–H and O–H groups in total. The number of nitrogens with one attached hydrogen (secondary N) is 1. The second-order valence-electron chi connectivity index (χ2n) is 4.13. The normalized spacial score (nSPS) is 14.0. The third-order valence-electron chi connectivity index (χ3n) is 2.70. The van der Waals surface area contributed by atoms with E-state index in [1.165, 1.54) is 31.3 Å². The van der Waals surface area contributed by atoms with Crippen molar-refractivity contribution in [3.8, 4) is 5.75 Å². The molecule has 0 saturated carbocycles. The molecule has 1 aliphatic rings. The van der Waals surface area contributed by atoms with Gasteiger partial charge in [-0.05, 0) is 18.2 Å². The zero-order chi connectivity index (χ0) is 15.4. The minimum Gasteiger partial charge on any atom is -0.393 e. The van der Waals surface area contributed by atoms with Crippen LogP contribution in [0.15, 0.2) is 24.3 Å². The molecule has 0 aliphatic carbocycles. The predicted octanol–water partition coefficient (Wildman–Crippen LogP) is 0.626. The van der Waals surface area contributed by atoms with Crippen LogP contribution in [0, 0.1) is 0 Å². The van der Waals surface area contributed by atoms with Crippen LogP contribution in [0.3, 0.4) is 0 Å². The van der Waals surface area contributed by atoms with Gasteiger partial charge in [0, 0.05) is 25.5 Å². The lowest BCUT2D eigenvalue weighted by Gasteiger charge is -2.12. The van der Waals surface area contributed by atoms with Crippen LogP contribution in [0.25, 0.3) is 0 Å². The SMILES string of the molecule is CNC(=O)c1cccc(OC(=O)ON2C(=O)CCC2=O)c1. The van der Waals surface area contributed by atoms with Crippen LogP contribution in [-0.2, 0) is 14.4 Å². The highest BCUT2D eigenvalue weighted by molar-refractivity contribution is 6.01. The van der Waals surface area contributed by atoms with Crippen molar-refractivity contribution in [2.24, 2.45) is 0 Å². The van der Waals surface area contributed by atoms with E-state index in [9.17, 15) is 19.2 Å². The van der Waals surface area contributed by atoms with Crippen LogP contribution >= 0.6 is 0 Å². The van der Waals surface area contributed by atoms with Crippen molar-refractivity contribution in [2.75, 3.05) is 7.05 Å². The van der Waals surface area contributed by atoms with E-state index in [2.05, 4.69) is 10.2 Å². The maximum absolute atomic E-state index is 11.5. The fourth-order valence-electron chi connectivity index (χ4n) is 1.69. The maximum Gasteiger partial charge on any atom is 0.539 e. The fourth-order valence-corrected chi connectivity index (χ4v) is 1.69. The largest absolute Gasteiger partial charge is 0.539 e. The molecular weight excluding hydrogens is 280 g/mol. The topological polar surface area (TPSA) is 102 Å². The average Bonchev–Trinajstić information content (AvgIpc) is 2.78. The van der Waals surface area contributed by atoms with Gasteiger partial charge in [-0.25, -0.2) is 4.79 Å². The Kier molecular flexibility index (Phi) is 4.17. The summed E-state index contributed by atoms with van der Waals surface area (Å²) in [5.41, 5.74) is 0.288. The van der Waals surface area contributed by atoms with Crippen LogP contribution in [-0.4, -0.2) is 36.0 Å². The van der Waals surface area contributed by atoms with Gasteiger partial charge in [0.25, 0.3) is 17.7 Å². The molecule has 0 radical (unpaired) electrons. The number of amides is 3. The van der Waals surface area contributed by atoms with Crippen LogP contribution < -0.4 is 10.1 Å². The Labute approximate surface area is 119 Å². The fraction of sp³-hybridized carbons (Fsp3) is 0.231. The van der Waals surface area contributed by atoms with Gasteiger partial charge in [-0.15, -0.1) is 0 Å². The number of nitrogens with zero attached hydrogens (tertiary/aromatic N) is 1. The van der Waals surface area contributed by atoms with Gasteiger partial charge >= 0.3 is 6.16 Å². The lowest BCUT2D eigenvalue weighted by atomic mass is 10.2. The molecule has 1 saturated heterocycles. The Morgan fingerprint density at radius 2 is 1.86 bits per heavy atom. The van der Waals surface area contributed by atoms with Gasteiger partial charge in [0.15, 0.2) is 0 Å². The minimum absolute atomic E-state index is 0.00172. The Balaban J connectivity index is 2.01. The molecule has 8 nitrogen and oxygen atoms in total. The number of hydroxylamine groups is 2. The molecule has 0 aromatic heterocycles. The summed E-state index contributed by atoms with van der Waals surface area (Å²) in [4.78, 5) is 50.0. The first-order valence-corrected chi connectivity index (χ1v) is 6.09. The smallest absolute Gasteiger partial charge is 0.393 e. The summed E-state index contributed by atoms with van der Waals surface area (Å²) in [5, 5.41) is 2.80. The third-order valence-corrected chi connectivity index (χ3v) is 2.70. The summed E-state index contributed by atoms with van der Waals surface area (Å²) in [5.74, 6) is -1.49. The molecule has 3 amide bonds. The number of imide groups is 1. The van der Waals surface area contributed by atoms with Crippen molar-refractivity contribution in [2.45, 2.75) is 12.8 Å². The molecule has 110 valence electrons. The molecule has 21 heavy (non-hydrogen) atoms. The summed E-state index contributed by atoms with van der Waals surface area (Å²) in [7, 11) is 1.47. The first-order chi connectivity index (χ1) is 10.0. The van der Waals surface area contributed by atoms with Crippen molar-refractivity contribution in [3.05, 3.63) is 29.8 Å². The number of ether oxygens (including phenoxy) is 1. The number of benzene rings is 1. The Morgan fingerprint density at radius 1 is 1.19 bits per heavy atom. The molecule has 1 aliphatic heterocycles. The summed E-state index contributed by atoms with van der Waals surface area (Å²) in [6.07, 6.45) is -1.23. The van der Waals surface area contributed by atoms with Crippen molar-refractivity contribution in [3.63, 3.8) is 0 Å². The third kappa shape index (κ3) is 3.35. The first-order valence-electron chi connectivity index (χ1n) is 6.09. The van der Waals surface area contributed by atoms with Crippen molar-refractivity contribution in [1.82, 2.24) is 10.4 Å². The van der Waals surface area contributed by atoms with Crippen LogP contribution in [0.5, 0.6) is 5.75 Å². The van der Waals surface area contributed by atoms with Crippen LogP contribution in [0.1, 0.15) is 23.2 Å².